The molecule has 1 aliphatic heterocycles. The summed E-state index contributed by atoms with van der Waals surface area (Å²) in [6.07, 6.45) is 1.00. The second-order valence-corrected chi connectivity index (χ2v) is 6.25. The summed E-state index contributed by atoms with van der Waals surface area (Å²) in [5.41, 5.74) is -0.0124. The predicted octanol–water partition coefficient (Wildman–Crippen LogP) is 2.68. The Kier molecular flexibility index (Phi) is 5.67. The third kappa shape index (κ3) is 4.60. The van der Waals surface area contributed by atoms with Crippen LogP contribution >= 0.6 is 23.2 Å². The number of halogens is 2. The molecule has 1 saturated heterocycles. The molecule has 1 heterocycles. The lowest BCUT2D eigenvalue weighted by molar-refractivity contribution is -0.140. The molecule has 5 nitrogen and oxygen atoms in total. The van der Waals surface area contributed by atoms with Gasteiger partial charge in [0.05, 0.1) is 28.4 Å². The van der Waals surface area contributed by atoms with Crippen LogP contribution in [0, 0.1) is 0 Å². The molecule has 1 aromatic carbocycles. The lowest BCUT2D eigenvalue weighted by Crippen LogP contribution is -2.53. The van der Waals surface area contributed by atoms with Gasteiger partial charge >= 0.3 is 5.97 Å². The van der Waals surface area contributed by atoms with Gasteiger partial charge in [0.1, 0.15) is 0 Å². The van der Waals surface area contributed by atoms with Crippen LogP contribution in [0.5, 0.6) is 0 Å². The number of carbonyl (C=O) groups excluding carboxylic acids is 1. The van der Waals surface area contributed by atoms with E-state index in [4.69, 9.17) is 33.0 Å². The summed E-state index contributed by atoms with van der Waals surface area (Å²) in [6.45, 7) is 0.890. The Bertz CT molecular complexity index is 571. The predicted molar refractivity (Wildman–Crippen MR) is 83.3 cm³/mol. The van der Waals surface area contributed by atoms with Gasteiger partial charge in [-0.3, -0.25) is 9.59 Å². The molecule has 0 unspecified atom stereocenters. The van der Waals surface area contributed by atoms with Crippen molar-refractivity contribution in [2.24, 2.45) is 0 Å². The zero-order chi connectivity index (χ0) is 16.2. The molecule has 7 heteroatoms. The van der Waals surface area contributed by atoms with Gasteiger partial charge in [-0.15, -0.1) is 0 Å². The molecule has 0 bridgehead atoms. The second-order valence-electron chi connectivity index (χ2n) is 5.44. The van der Waals surface area contributed by atoms with E-state index in [-0.39, 0.29) is 18.7 Å². The fourth-order valence-corrected chi connectivity index (χ4v) is 2.89. The van der Waals surface area contributed by atoms with Gasteiger partial charge in [-0.2, -0.15) is 0 Å². The van der Waals surface area contributed by atoms with Gasteiger partial charge in [0.2, 0.25) is 5.91 Å². The highest BCUT2D eigenvalue weighted by molar-refractivity contribution is 6.42. The molecule has 22 heavy (non-hydrogen) atoms. The van der Waals surface area contributed by atoms with Crippen molar-refractivity contribution >= 4 is 35.1 Å². The molecule has 1 aliphatic rings. The number of aliphatic carboxylic acids is 1. The molecule has 120 valence electrons. The number of hydrogen-bond donors (Lipinski definition) is 2. The van der Waals surface area contributed by atoms with Gasteiger partial charge in [0.25, 0.3) is 0 Å². The van der Waals surface area contributed by atoms with E-state index < -0.39 is 11.5 Å². The first-order valence-electron chi connectivity index (χ1n) is 6.95. The number of carboxylic acids is 1. The largest absolute Gasteiger partial charge is 0.481 e. The Morgan fingerprint density at radius 1 is 1.23 bits per heavy atom. The molecule has 0 radical (unpaired) electrons. The lowest BCUT2D eigenvalue weighted by Gasteiger charge is -2.36. The van der Waals surface area contributed by atoms with Crippen molar-refractivity contribution in [1.82, 2.24) is 5.32 Å². The monoisotopic (exact) mass is 345 g/mol. The van der Waals surface area contributed by atoms with Gasteiger partial charge in [-0.25, -0.2) is 0 Å². The first kappa shape index (κ1) is 17.1. The highest BCUT2D eigenvalue weighted by Crippen LogP contribution is 2.26. The van der Waals surface area contributed by atoms with Gasteiger partial charge in [0.15, 0.2) is 0 Å². The van der Waals surface area contributed by atoms with E-state index in [1.807, 2.05) is 0 Å². The number of rotatable bonds is 5. The maximum Gasteiger partial charge on any atom is 0.305 e. The van der Waals surface area contributed by atoms with Crippen LogP contribution in [-0.4, -0.2) is 35.7 Å². The van der Waals surface area contributed by atoms with Crippen molar-refractivity contribution in [3.63, 3.8) is 0 Å². The van der Waals surface area contributed by atoms with Crippen molar-refractivity contribution in [3.05, 3.63) is 33.8 Å². The molecule has 0 aromatic heterocycles. The number of ether oxygens (including phenoxy) is 1. The second kappa shape index (κ2) is 7.31. The standard InChI is InChI=1S/C15H17Cl2NO4/c16-11-2-1-10(7-12(11)17)8-13(19)18-15(9-14(20)21)3-5-22-6-4-15/h1-2,7H,3-6,8-9H2,(H,18,19)(H,20,21). The van der Waals surface area contributed by atoms with Crippen LogP contribution in [-0.2, 0) is 20.7 Å². The number of hydrogen-bond acceptors (Lipinski definition) is 3. The maximum absolute atomic E-state index is 12.2. The molecular formula is C15H17Cl2NO4. The lowest BCUT2D eigenvalue weighted by atomic mass is 9.86. The Labute approximate surface area is 138 Å². The van der Waals surface area contributed by atoms with Gasteiger partial charge in [0, 0.05) is 13.2 Å². The quantitative estimate of drug-likeness (QED) is 0.860. The minimum Gasteiger partial charge on any atom is -0.481 e. The number of benzene rings is 1. The first-order chi connectivity index (χ1) is 10.4. The van der Waals surface area contributed by atoms with Crippen LogP contribution in [0.2, 0.25) is 10.0 Å². The Balaban J connectivity index is 2.04. The van der Waals surface area contributed by atoms with E-state index in [2.05, 4.69) is 5.32 Å². The van der Waals surface area contributed by atoms with Crippen LogP contribution in [0.1, 0.15) is 24.8 Å². The normalized spacial score (nSPS) is 17.0. The molecular weight excluding hydrogens is 329 g/mol. The van der Waals surface area contributed by atoms with Gasteiger partial charge in [-0.1, -0.05) is 29.3 Å². The van der Waals surface area contributed by atoms with E-state index >= 15 is 0 Å². The van der Waals surface area contributed by atoms with Crippen molar-refractivity contribution in [2.75, 3.05) is 13.2 Å². The average molecular weight is 346 g/mol. The number of carbonyl (C=O) groups is 2. The highest BCUT2D eigenvalue weighted by Gasteiger charge is 2.36. The smallest absolute Gasteiger partial charge is 0.305 e. The van der Waals surface area contributed by atoms with Crippen LogP contribution in [0.4, 0.5) is 0 Å². The van der Waals surface area contributed by atoms with Crippen LogP contribution in [0.3, 0.4) is 0 Å². The fraction of sp³-hybridized carbons (Fsp3) is 0.467. The van der Waals surface area contributed by atoms with Crippen molar-refractivity contribution in [3.8, 4) is 0 Å². The van der Waals surface area contributed by atoms with Crippen LogP contribution in [0.25, 0.3) is 0 Å². The summed E-state index contributed by atoms with van der Waals surface area (Å²) in [7, 11) is 0. The summed E-state index contributed by atoms with van der Waals surface area (Å²) in [5, 5.41) is 12.8. The molecule has 0 atom stereocenters. The molecule has 2 rings (SSSR count). The molecule has 0 saturated carbocycles. The third-order valence-corrected chi connectivity index (χ3v) is 4.43. The van der Waals surface area contributed by atoms with Crippen molar-refractivity contribution in [2.45, 2.75) is 31.2 Å². The average Bonchev–Trinajstić information content (AvgIpc) is 2.42. The summed E-state index contributed by atoms with van der Waals surface area (Å²) >= 11 is 11.8. The Morgan fingerprint density at radius 2 is 1.91 bits per heavy atom. The van der Waals surface area contributed by atoms with Gasteiger partial charge in [-0.05, 0) is 30.5 Å². The Hall–Kier alpha value is -1.30. The molecule has 0 spiro atoms. The fourth-order valence-electron chi connectivity index (χ4n) is 2.57. The van der Waals surface area contributed by atoms with E-state index in [9.17, 15) is 9.59 Å². The molecule has 1 amide bonds. The minimum atomic E-state index is -0.934. The summed E-state index contributed by atoms with van der Waals surface area (Å²) < 4.78 is 5.26. The Morgan fingerprint density at radius 3 is 2.50 bits per heavy atom. The maximum atomic E-state index is 12.2. The van der Waals surface area contributed by atoms with Crippen LogP contribution < -0.4 is 5.32 Å². The van der Waals surface area contributed by atoms with Crippen molar-refractivity contribution in [1.29, 1.82) is 0 Å². The van der Waals surface area contributed by atoms with E-state index in [1.165, 1.54) is 0 Å². The summed E-state index contributed by atoms with van der Waals surface area (Å²) in [5.74, 6) is -1.17. The SMILES string of the molecule is O=C(O)CC1(NC(=O)Cc2ccc(Cl)c(Cl)c2)CCOCC1. The zero-order valence-electron chi connectivity index (χ0n) is 11.9. The molecule has 1 aromatic rings. The zero-order valence-corrected chi connectivity index (χ0v) is 13.4. The van der Waals surface area contributed by atoms with Crippen LogP contribution in [0.15, 0.2) is 18.2 Å². The summed E-state index contributed by atoms with van der Waals surface area (Å²) in [4.78, 5) is 23.3. The minimum absolute atomic E-state index is 0.108. The summed E-state index contributed by atoms with van der Waals surface area (Å²) in [6, 6.07) is 4.99. The van der Waals surface area contributed by atoms with E-state index in [0.717, 1.165) is 5.56 Å². The van der Waals surface area contributed by atoms with Gasteiger partial charge < -0.3 is 15.2 Å². The topological polar surface area (TPSA) is 75.6 Å². The molecule has 1 fully saturated rings. The van der Waals surface area contributed by atoms with Crippen molar-refractivity contribution < 1.29 is 19.4 Å². The third-order valence-electron chi connectivity index (χ3n) is 3.69. The highest BCUT2D eigenvalue weighted by atomic mass is 35.5. The molecule has 2 N–H and O–H groups in total. The van der Waals surface area contributed by atoms with E-state index in [1.54, 1.807) is 18.2 Å². The number of nitrogens with one attached hydrogen (secondary N) is 1. The molecule has 0 aliphatic carbocycles. The van der Waals surface area contributed by atoms with E-state index in [0.29, 0.717) is 36.1 Å². The number of amides is 1. The first-order valence-corrected chi connectivity index (χ1v) is 7.70. The number of carboxylic acid groups (broad SMARTS) is 1.